The third-order valence-corrected chi connectivity index (χ3v) is 5.59. The van der Waals surface area contributed by atoms with Gasteiger partial charge in [-0.25, -0.2) is 12.7 Å². The highest BCUT2D eigenvalue weighted by molar-refractivity contribution is 7.89. The second-order valence-corrected chi connectivity index (χ2v) is 7.38. The number of aliphatic carboxylic acids is 1. The lowest BCUT2D eigenvalue weighted by molar-refractivity contribution is -0.142. The molecular weight excluding hydrogens is 278 g/mol. The number of carboxylic acid groups (broad SMARTS) is 1. The van der Waals surface area contributed by atoms with E-state index in [4.69, 9.17) is 5.11 Å². The topological polar surface area (TPSA) is 74.7 Å². The Morgan fingerprint density at radius 3 is 2.50 bits per heavy atom. The average Bonchev–Trinajstić information content (AvgIpc) is 2.81. The summed E-state index contributed by atoms with van der Waals surface area (Å²) < 4.78 is 25.8. The van der Waals surface area contributed by atoms with Gasteiger partial charge in [-0.1, -0.05) is 37.3 Å². The van der Waals surface area contributed by atoms with Crippen molar-refractivity contribution in [2.24, 2.45) is 11.8 Å². The summed E-state index contributed by atoms with van der Waals surface area (Å²) in [7, 11) is -3.39. The largest absolute Gasteiger partial charge is 0.481 e. The van der Waals surface area contributed by atoms with Gasteiger partial charge in [0.2, 0.25) is 10.0 Å². The molecule has 1 heterocycles. The molecule has 0 amide bonds. The van der Waals surface area contributed by atoms with Crippen LogP contribution in [0.5, 0.6) is 0 Å². The van der Waals surface area contributed by atoms with E-state index < -0.39 is 21.9 Å². The highest BCUT2D eigenvalue weighted by atomic mass is 32.2. The summed E-state index contributed by atoms with van der Waals surface area (Å²) in [5, 5.41) is 9.05. The number of sulfonamides is 1. The Kier molecular flexibility index (Phi) is 4.45. The van der Waals surface area contributed by atoms with Crippen molar-refractivity contribution in [3.05, 3.63) is 35.9 Å². The average molecular weight is 297 g/mol. The molecule has 6 heteroatoms. The number of hydrogen-bond acceptors (Lipinski definition) is 3. The SMILES string of the molecule is CC1CN(S(=O)(=O)CCc2ccccc2)CC1C(=O)O. The fourth-order valence-electron chi connectivity index (χ4n) is 2.49. The number of carboxylic acids is 1. The lowest BCUT2D eigenvalue weighted by Gasteiger charge is -2.15. The van der Waals surface area contributed by atoms with E-state index in [1.807, 2.05) is 30.3 Å². The van der Waals surface area contributed by atoms with Crippen molar-refractivity contribution in [2.45, 2.75) is 13.3 Å². The van der Waals surface area contributed by atoms with Crippen molar-refractivity contribution < 1.29 is 18.3 Å². The van der Waals surface area contributed by atoms with Crippen molar-refractivity contribution >= 4 is 16.0 Å². The zero-order valence-electron chi connectivity index (χ0n) is 11.4. The molecule has 0 radical (unpaired) electrons. The van der Waals surface area contributed by atoms with Gasteiger partial charge < -0.3 is 5.11 Å². The molecule has 1 aromatic rings. The van der Waals surface area contributed by atoms with Crippen molar-refractivity contribution in [3.8, 4) is 0 Å². The normalized spacial score (nSPS) is 23.9. The molecule has 2 unspecified atom stereocenters. The van der Waals surface area contributed by atoms with E-state index in [1.54, 1.807) is 6.92 Å². The Bertz CT molecular complexity index is 570. The van der Waals surface area contributed by atoms with E-state index in [1.165, 1.54) is 4.31 Å². The van der Waals surface area contributed by atoms with Gasteiger partial charge in [-0.3, -0.25) is 4.79 Å². The molecule has 1 aromatic carbocycles. The van der Waals surface area contributed by atoms with Crippen LogP contribution in [0.25, 0.3) is 0 Å². The zero-order valence-corrected chi connectivity index (χ0v) is 12.2. The van der Waals surface area contributed by atoms with E-state index in [0.29, 0.717) is 13.0 Å². The number of aryl methyl sites for hydroxylation is 1. The maximum Gasteiger partial charge on any atom is 0.308 e. The second-order valence-electron chi connectivity index (χ2n) is 5.29. The van der Waals surface area contributed by atoms with Crippen LogP contribution < -0.4 is 0 Å². The molecule has 0 aromatic heterocycles. The lowest BCUT2D eigenvalue weighted by atomic mass is 9.99. The summed E-state index contributed by atoms with van der Waals surface area (Å²) in [4.78, 5) is 11.0. The molecule has 1 aliphatic rings. The minimum atomic E-state index is -3.39. The Labute approximate surface area is 119 Å². The molecule has 1 saturated heterocycles. The molecule has 5 nitrogen and oxygen atoms in total. The summed E-state index contributed by atoms with van der Waals surface area (Å²) in [5.74, 6) is -1.63. The third-order valence-electron chi connectivity index (χ3n) is 3.78. The molecule has 0 bridgehead atoms. The molecule has 20 heavy (non-hydrogen) atoms. The van der Waals surface area contributed by atoms with E-state index in [-0.39, 0.29) is 18.2 Å². The quantitative estimate of drug-likeness (QED) is 0.886. The smallest absolute Gasteiger partial charge is 0.308 e. The van der Waals surface area contributed by atoms with E-state index in [2.05, 4.69) is 0 Å². The highest BCUT2D eigenvalue weighted by Crippen LogP contribution is 2.25. The predicted octanol–water partition coefficient (Wildman–Crippen LogP) is 1.21. The van der Waals surface area contributed by atoms with Crippen LogP contribution in [0.15, 0.2) is 30.3 Å². The van der Waals surface area contributed by atoms with Gasteiger partial charge in [0.1, 0.15) is 0 Å². The van der Waals surface area contributed by atoms with Crippen molar-refractivity contribution in [2.75, 3.05) is 18.8 Å². The second kappa shape index (κ2) is 5.93. The zero-order chi connectivity index (χ0) is 14.8. The Hall–Kier alpha value is -1.40. The first kappa shape index (κ1) is 15.0. The van der Waals surface area contributed by atoms with Crippen molar-refractivity contribution in [1.82, 2.24) is 4.31 Å². The highest BCUT2D eigenvalue weighted by Gasteiger charge is 2.39. The van der Waals surface area contributed by atoms with Gasteiger partial charge in [0.05, 0.1) is 11.7 Å². The van der Waals surface area contributed by atoms with Crippen LogP contribution in [0, 0.1) is 11.8 Å². The van der Waals surface area contributed by atoms with Gasteiger partial charge in [-0.2, -0.15) is 0 Å². The summed E-state index contributed by atoms with van der Waals surface area (Å²) >= 11 is 0. The van der Waals surface area contributed by atoms with Crippen LogP contribution in [-0.2, 0) is 21.2 Å². The number of benzene rings is 1. The molecule has 1 N–H and O–H groups in total. The third kappa shape index (κ3) is 3.37. The van der Waals surface area contributed by atoms with E-state index in [9.17, 15) is 13.2 Å². The molecule has 0 spiro atoms. The first-order valence-electron chi connectivity index (χ1n) is 6.64. The van der Waals surface area contributed by atoms with Gasteiger partial charge >= 0.3 is 5.97 Å². The number of nitrogens with zero attached hydrogens (tertiary/aromatic N) is 1. The van der Waals surface area contributed by atoms with E-state index >= 15 is 0 Å². The van der Waals surface area contributed by atoms with Crippen LogP contribution in [0.1, 0.15) is 12.5 Å². The molecule has 2 rings (SSSR count). The first-order valence-corrected chi connectivity index (χ1v) is 8.25. The standard InChI is InChI=1S/C14H19NO4S/c1-11-9-15(10-13(11)14(16)17)20(18,19)8-7-12-5-3-2-4-6-12/h2-6,11,13H,7-10H2,1H3,(H,16,17). The van der Waals surface area contributed by atoms with Crippen LogP contribution in [0.4, 0.5) is 0 Å². The van der Waals surface area contributed by atoms with Gasteiger partial charge in [-0.05, 0) is 17.9 Å². The summed E-state index contributed by atoms with van der Waals surface area (Å²) in [6.07, 6.45) is 0.450. The molecule has 0 saturated carbocycles. The monoisotopic (exact) mass is 297 g/mol. The predicted molar refractivity (Wildman–Crippen MR) is 75.8 cm³/mol. The summed E-state index contributed by atoms with van der Waals surface area (Å²) in [6, 6.07) is 9.42. The molecule has 110 valence electrons. The molecule has 1 fully saturated rings. The fraction of sp³-hybridized carbons (Fsp3) is 0.500. The Balaban J connectivity index is 1.99. The lowest BCUT2D eigenvalue weighted by Crippen LogP contribution is -2.32. The Morgan fingerprint density at radius 1 is 1.30 bits per heavy atom. The molecule has 0 aliphatic carbocycles. The Morgan fingerprint density at radius 2 is 1.95 bits per heavy atom. The van der Waals surface area contributed by atoms with Gasteiger partial charge in [0.25, 0.3) is 0 Å². The summed E-state index contributed by atoms with van der Waals surface area (Å²) in [5.41, 5.74) is 0.970. The summed E-state index contributed by atoms with van der Waals surface area (Å²) in [6.45, 7) is 2.17. The number of carbonyl (C=O) groups is 1. The van der Waals surface area contributed by atoms with Crippen molar-refractivity contribution in [1.29, 1.82) is 0 Å². The molecule has 2 atom stereocenters. The molecule has 1 aliphatic heterocycles. The maximum atomic E-state index is 12.3. The van der Waals surface area contributed by atoms with Crippen LogP contribution in [0.2, 0.25) is 0 Å². The first-order chi connectivity index (χ1) is 9.40. The number of hydrogen-bond donors (Lipinski definition) is 1. The van der Waals surface area contributed by atoms with Gasteiger partial charge in [-0.15, -0.1) is 0 Å². The molecular formula is C14H19NO4S. The van der Waals surface area contributed by atoms with Crippen molar-refractivity contribution in [3.63, 3.8) is 0 Å². The fourth-order valence-corrected chi connectivity index (χ4v) is 4.09. The number of rotatable bonds is 5. The van der Waals surface area contributed by atoms with Gasteiger partial charge in [0, 0.05) is 13.1 Å². The van der Waals surface area contributed by atoms with Gasteiger partial charge in [0.15, 0.2) is 0 Å². The maximum absolute atomic E-state index is 12.3. The van der Waals surface area contributed by atoms with Crippen LogP contribution >= 0.6 is 0 Å². The minimum Gasteiger partial charge on any atom is -0.481 e. The van der Waals surface area contributed by atoms with Crippen LogP contribution in [0.3, 0.4) is 0 Å². The minimum absolute atomic E-state index is 0.0239. The van der Waals surface area contributed by atoms with Crippen LogP contribution in [-0.4, -0.2) is 42.6 Å². The van der Waals surface area contributed by atoms with E-state index in [0.717, 1.165) is 5.56 Å².